The summed E-state index contributed by atoms with van der Waals surface area (Å²) < 4.78 is 56.6. The summed E-state index contributed by atoms with van der Waals surface area (Å²) in [6, 6.07) is 1.24. The number of aliphatic hydroxyl groups is 3. The van der Waals surface area contributed by atoms with Gasteiger partial charge in [-0.1, -0.05) is 131 Å². The molecule has 1 aliphatic rings. The number of unbranched alkanes of at least 4 members (excludes halogenated alkanes) is 9. The van der Waals surface area contributed by atoms with Crippen molar-refractivity contribution in [1.29, 1.82) is 0 Å². The van der Waals surface area contributed by atoms with Crippen LogP contribution in [0.5, 0.6) is 0 Å². The fourth-order valence-electron chi connectivity index (χ4n) is 6.69. The first-order chi connectivity index (χ1) is 34.1. The van der Waals surface area contributed by atoms with E-state index >= 15 is 0 Å². The summed E-state index contributed by atoms with van der Waals surface area (Å²) >= 11 is 0. The molecule has 2 heterocycles. The second-order valence-corrected chi connectivity index (χ2v) is 19.8. The number of phosphoric ester groups is 2. The maximum Gasteiger partial charge on any atom is 0.481 e. The Labute approximate surface area is 419 Å². The molecule has 0 amide bonds. The van der Waals surface area contributed by atoms with E-state index in [-0.39, 0.29) is 18.7 Å². The fourth-order valence-corrected chi connectivity index (χ4v) is 8.80. The lowest BCUT2D eigenvalue weighted by Crippen LogP contribution is -2.36. The number of nitrogens with two attached hydrogens (primary N) is 1. The fraction of sp³-hybridized carbons (Fsp3) is 0.600. The van der Waals surface area contributed by atoms with Crippen LogP contribution in [0.1, 0.15) is 142 Å². The Morgan fingerprint density at radius 2 is 1.37 bits per heavy atom. The topological polar surface area (TPSA) is 286 Å². The molecule has 0 bridgehead atoms. The molecule has 0 radical (unpaired) electrons. The number of hydrogen-bond acceptors (Lipinski definition) is 16. The van der Waals surface area contributed by atoms with Gasteiger partial charge in [-0.05, 0) is 83.1 Å². The summed E-state index contributed by atoms with van der Waals surface area (Å²) in [6.07, 6.45) is 35.5. The highest BCUT2D eigenvalue weighted by Gasteiger charge is 2.46. The Kier molecular flexibility index (Phi) is 33.4. The van der Waals surface area contributed by atoms with E-state index in [2.05, 4.69) is 65.7 Å². The molecule has 0 spiro atoms. The molecule has 2 unspecified atom stereocenters. The van der Waals surface area contributed by atoms with Crippen LogP contribution in [0.2, 0.25) is 0 Å². The van der Waals surface area contributed by atoms with Gasteiger partial charge in [0.1, 0.15) is 30.7 Å². The Bertz CT molecular complexity index is 2040. The molecule has 0 aromatic carbocycles. The number of carbonyl (C=O) groups is 2. The van der Waals surface area contributed by atoms with Crippen LogP contribution in [0.4, 0.5) is 5.82 Å². The van der Waals surface area contributed by atoms with Gasteiger partial charge < -0.3 is 45.1 Å². The highest BCUT2D eigenvalue weighted by Crippen LogP contribution is 2.60. The summed E-state index contributed by atoms with van der Waals surface area (Å²) in [4.78, 5) is 61.8. The van der Waals surface area contributed by atoms with Crippen molar-refractivity contribution in [3.63, 3.8) is 0 Å². The first kappa shape index (κ1) is 63.0. The normalized spacial score (nSPS) is 20.3. The minimum Gasteiger partial charge on any atom is -0.462 e. The summed E-state index contributed by atoms with van der Waals surface area (Å²) in [7, 11) is -10.9. The van der Waals surface area contributed by atoms with Crippen molar-refractivity contribution in [2.45, 2.75) is 173 Å². The van der Waals surface area contributed by atoms with Crippen molar-refractivity contribution in [3.05, 3.63) is 108 Å². The van der Waals surface area contributed by atoms with E-state index in [0.717, 1.165) is 75.0 Å². The number of nitrogen functional groups attached to an aromatic ring is 1. The zero-order valence-electron chi connectivity index (χ0n) is 41.4. The van der Waals surface area contributed by atoms with E-state index in [0.29, 0.717) is 32.1 Å². The van der Waals surface area contributed by atoms with Gasteiger partial charge in [-0.3, -0.25) is 23.2 Å². The van der Waals surface area contributed by atoms with Gasteiger partial charge in [-0.25, -0.2) is 13.9 Å². The molecule has 19 nitrogen and oxygen atoms in total. The van der Waals surface area contributed by atoms with Crippen molar-refractivity contribution >= 4 is 33.4 Å². The number of nitrogens with zero attached hydrogens (tertiary/aromatic N) is 2. The predicted octanol–water partition coefficient (Wildman–Crippen LogP) is 8.86. The van der Waals surface area contributed by atoms with Crippen LogP contribution in [-0.4, -0.2) is 96.9 Å². The number of aromatic nitrogens is 2. The third-order valence-corrected chi connectivity index (χ3v) is 13.1. The molecule has 8 atom stereocenters. The molecular weight excluding hydrogens is 961 g/mol. The van der Waals surface area contributed by atoms with Crippen molar-refractivity contribution in [3.8, 4) is 0 Å². The van der Waals surface area contributed by atoms with E-state index in [9.17, 15) is 48.6 Å². The van der Waals surface area contributed by atoms with Gasteiger partial charge >= 0.3 is 33.3 Å². The van der Waals surface area contributed by atoms with E-state index in [1.54, 1.807) is 6.08 Å². The Morgan fingerprint density at radius 3 is 2.07 bits per heavy atom. The third-order valence-electron chi connectivity index (χ3n) is 10.5. The molecule has 7 N–H and O–H groups in total. The number of rotatable bonds is 39. The summed E-state index contributed by atoms with van der Waals surface area (Å²) in [6.45, 7) is 1.84. The zero-order valence-corrected chi connectivity index (χ0v) is 43.1. The highest BCUT2D eigenvalue weighted by atomic mass is 31.3. The second-order valence-electron chi connectivity index (χ2n) is 16.8. The molecule has 1 aromatic heterocycles. The lowest BCUT2D eigenvalue weighted by Gasteiger charge is -2.21. The minimum atomic E-state index is -5.46. The minimum absolute atomic E-state index is 0.0684. The van der Waals surface area contributed by atoms with E-state index in [4.69, 9.17) is 29.0 Å². The largest absolute Gasteiger partial charge is 0.481 e. The quantitative estimate of drug-likeness (QED) is 0.0118. The van der Waals surface area contributed by atoms with Crippen molar-refractivity contribution < 1.29 is 71.4 Å². The standard InChI is InChI=1S/C50H79N3O16P2/c1-3-5-7-9-11-12-13-14-15-16-17-18-22-26-30-34-45(55)64-38-42(67-46(56)35-31-27-23-19-21-25-29-33-41(54)32-28-24-20-10-8-6-4-2)39-65-70(60,61)69-71(62,63)66-40-43-47(57)48(58)49(68-43)53-37-36-44(51)52-50(53)59/h5,7,11-12,14-15,19-20,23-25,28-29,32,36-37,41-43,47-49,54,57-58H,3-4,6,8-10,13,16-18,21-22,26-27,30-31,33-35,38-40H2,1-2H3,(H,60,61)(H,62,63)(H2,51,52,59)/b7-5-,12-11-,15-14-,23-19+,24-20-,29-25-,32-28-/t41-,42+,43+,47+,48+,49+/m0/s1. The second kappa shape index (κ2) is 37.6. The number of anilines is 1. The van der Waals surface area contributed by atoms with Crippen LogP contribution in [-0.2, 0) is 46.3 Å². The number of phosphoric acid groups is 2. The van der Waals surface area contributed by atoms with Crippen LogP contribution in [0.15, 0.2) is 102 Å². The van der Waals surface area contributed by atoms with E-state index in [1.807, 2.05) is 36.5 Å². The molecule has 1 fully saturated rings. The van der Waals surface area contributed by atoms with Crippen LogP contribution >= 0.6 is 15.6 Å². The lowest BCUT2D eigenvalue weighted by molar-refractivity contribution is -0.161. The van der Waals surface area contributed by atoms with Crippen molar-refractivity contribution in [2.24, 2.45) is 0 Å². The van der Waals surface area contributed by atoms with Crippen molar-refractivity contribution in [1.82, 2.24) is 9.55 Å². The van der Waals surface area contributed by atoms with Gasteiger partial charge in [0.25, 0.3) is 0 Å². The number of carbonyl (C=O) groups excluding carboxylic acids is 2. The molecular formula is C50H79N3O16P2. The molecule has 400 valence electrons. The van der Waals surface area contributed by atoms with Gasteiger partial charge in [-0.2, -0.15) is 9.29 Å². The number of ether oxygens (including phenoxy) is 3. The number of aliphatic hydroxyl groups excluding tert-OH is 3. The molecule has 2 rings (SSSR count). The number of allylic oxidation sites excluding steroid dienone is 12. The van der Waals surface area contributed by atoms with Gasteiger partial charge in [-0.15, -0.1) is 0 Å². The van der Waals surface area contributed by atoms with Crippen LogP contribution in [0.3, 0.4) is 0 Å². The van der Waals surface area contributed by atoms with Crippen LogP contribution < -0.4 is 11.4 Å². The summed E-state index contributed by atoms with van der Waals surface area (Å²) in [5, 5.41) is 31.0. The van der Waals surface area contributed by atoms with Gasteiger partial charge in [0.15, 0.2) is 12.3 Å². The Balaban J connectivity index is 1.86. The third kappa shape index (κ3) is 30.5. The summed E-state index contributed by atoms with van der Waals surface area (Å²) in [5.41, 5.74) is 4.57. The summed E-state index contributed by atoms with van der Waals surface area (Å²) in [5.74, 6) is -1.44. The SMILES string of the molecule is CC/C=C\C/C=C\C/C=C\CCCCCCCC(=O)OC[C@H](COP(=O)(O)OP(=O)(O)OC[C@H]1O[C@@H](n2ccc(N)nc2=O)[C@H](O)[C@@H]1O)OC(=O)CCC/C=C/C/C=C\C[C@@H](O)/C=C\C=C/CCCCC. The Morgan fingerprint density at radius 1 is 0.761 bits per heavy atom. The molecule has 0 saturated carbocycles. The maximum absolute atomic E-state index is 12.8. The predicted molar refractivity (Wildman–Crippen MR) is 271 cm³/mol. The van der Waals surface area contributed by atoms with Crippen LogP contribution in [0.25, 0.3) is 0 Å². The molecule has 0 aliphatic carbocycles. The number of hydrogen-bond donors (Lipinski definition) is 6. The number of esters is 2. The first-order valence-corrected chi connectivity index (χ1v) is 27.7. The maximum atomic E-state index is 12.8. The van der Waals surface area contributed by atoms with E-state index < -0.39 is 89.8 Å². The average Bonchev–Trinajstić information content (AvgIpc) is 3.60. The van der Waals surface area contributed by atoms with Gasteiger partial charge in [0.05, 0.1) is 19.3 Å². The monoisotopic (exact) mass is 1040 g/mol. The van der Waals surface area contributed by atoms with Gasteiger partial charge in [0.2, 0.25) is 0 Å². The molecule has 1 aromatic rings. The van der Waals surface area contributed by atoms with Crippen molar-refractivity contribution in [2.75, 3.05) is 25.6 Å². The molecule has 1 aliphatic heterocycles. The average molecular weight is 1040 g/mol. The lowest BCUT2D eigenvalue weighted by atomic mass is 10.1. The Hall–Kier alpha value is -4.10. The molecule has 1 saturated heterocycles. The van der Waals surface area contributed by atoms with Crippen LogP contribution in [0, 0.1) is 0 Å². The highest BCUT2D eigenvalue weighted by molar-refractivity contribution is 7.61. The zero-order chi connectivity index (χ0) is 52.2. The smallest absolute Gasteiger partial charge is 0.462 e. The first-order valence-electron chi connectivity index (χ1n) is 24.7. The van der Waals surface area contributed by atoms with E-state index in [1.165, 1.54) is 18.9 Å². The van der Waals surface area contributed by atoms with Gasteiger partial charge in [0, 0.05) is 19.0 Å². The molecule has 71 heavy (non-hydrogen) atoms. The molecule has 21 heteroatoms.